The second kappa shape index (κ2) is 5.25. The third-order valence-corrected chi connectivity index (χ3v) is 3.14. The summed E-state index contributed by atoms with van der Waals surface area (Å²) in [6.45, 7) is 10.9. The van der Waals surface area contributed by atoms with E-state index in [0.717, 1.165) is 39.3 Å². The summed E-state index contributed by atoms with van der Waals surface area (Å²) in [6.07, 6.45) is 0.739. The molecule has 2 fully saturated rings. The molecule has 2 saturated heterocycles. The van der Waals surface area contributed by atoms with Gasteiger partial charge in [-0.15, -0.1) is 0 Å². The first-order chi connectivity index (χ1) is 7.24. The summed E-state index contributed by atoms with van der Waals surface area (Å²) in [5, 5.41) is 6.88. The third-order valence-electron chi connectivity index (χ3n) is 3.14. The molecular weight excluding hydrogens is 190 g/mol. The van der Waals surface area contributed by atoms with E-state index in [9.17, 15) is 0 Å². The van der Waals surface area contributed by atoms with Gasteiger partial charge in [0.1, 0.15) is 0 Å². The van der Waals surface area contributed by atoms with Gasteiger partial charge in [0.15, 0.2) is 0 Å². The van der Waals surface area contributed by atoms with Gasteiger partial charge in [0.25, 0.3) is 0 Å². The van der Waals surface area contributed by atoms with Gasteiger partial charge in [0, 0.05) is 45.3 Å². The number of ether oxygens (including phenoxy) is 1. The van der Waals surface area contributed by atoms with Crippen LogP contribution in [0.25, 0.3) is 0 Å². The molecule has 0 aromatic carbocycles. The maximum atomic E-state index is 5.90. The first-order valence-corrected chi connectivity index (χ1v) is 6.06. The summed E-state index contributed by atoms with van der Waals surface area (Å²) in [5.41, 5.74) is 0. The largest absolute Gasteiger partial charge is 0.371 e. The van der Waals surface area contributed by atoms with Gasteiger partial charge in [0.2, 0.25) is 0 Å². The van der Waals surface area contributed by atoms with Crippen LogP contribution < -0.4 is 10.6 Å². The minimum Gasteiger partial charge on any atom is -0.371 e. The third kappa shape index (κ3) is 3.41. The van der Waals surface area contributed by atoms with Crippen molar-refractivity contribution in [3.63, 3.8) is 0 Å². The van der Waals surface area contributed by atoms with Crippen molar-refractivity contribution in [1.29, 1.82) is 0 Å². The molecule has 0 aliphatic carbocycles. The summed E-state index contributed by atoms with van der Waals surface area (Å²) < 4.78 is 5.90. The standard InChI is InChI=1S/C11H23N3O/c1-9-7-14(4-3-13-9)8-11-6-12-5-10(2)15-11/h9-13H,3-8H2,1-2H3/t9-,10-,11+/m1/s1. The van der Waals surface area contributed by atoms with Crippen molar-refractivity contribution in [3.8, 4) is 0 Å². The molecule has 2 N–H and O–H groups in total. The molecule has 4 heteroatoms. The number of rotatable bonds is 2. The molecule has 2 aliphatic rings. The van der Waals surface area contributed by atoms with Gasteiger partial charge in [-0.3, -0.25) is 4.90 Å². The Hall–Kier alpha value is -0.160. The molecular formula is C11H23N3O. The van der Waals surface area contributed by atoms with Crippen LogP contribution in [0.15, 0.2) is 0 Å². The van der Waals surface area contributed by atoms with E-state index < -0.39 is 0 Å². The summed E-state index contributed by atoms with van der Waals surface area (Å²) in [5.74, 6) is 0. The number of nitrogens with zero attached hydrogens (tertiary/aromatic N) is 1. The lowest BCUT2D eigenvalue weighted by Crippen LogP contribution is -2.54. The predicted octanol–water partition coefficient (Wildman–Crippen LogP) is -0.343. The van der Waals surface area contributed by atoms with E-state index in [-0.39, 0.29) is 0 Å². The highest BCUT2D eigenvalue weighted by atomic mass is 16.5. The van der Waals surface area contributed by atoms with Crippen LogP contribution in [0.1, 0.15) is 13.8 Å². The van der Waals surface area contributed by atoms with Crippen molar-refractivity contribution >= 4 is 0 Å². The van der Waals surface area contributed by atoms with Crippen LogP contribution in [0.3, 0.4) is 0 Å². The second-order valence-corrected chi connectivity index (χ2v) is 4.84. The quantitative estimate of drug-likeness (QED) is 0.658. The second-order valence-electron chi connectivity index (χ2n) is 4.84. The Morgan fingerprint density at radius 3 is 2.93 bits per heavy atom. The topological polar surface area (TPSA) is 36.5 Å². The average molecular weight is 213 g/mol. The van der Waals surface area contributed by atoms with Gasteiger partial charge >= 0.3 is 0 Å². The van der Waals surface area contributed by atoms with E-state index in [2.05, 4.69) is 29.4 Å². The zero-order chi connectivity index (χ0) is 10.7. The van der Waals surface area contributed by atoms with E-state index in [1.54, 1.807) is 0 Å². The molecule has 4 nitrogen and oxygen atoms in total. The Kier molecular flexibility index (Phi) is 3.97. The SMILES string of the molecule is C[C@@H]1CN(C[C@@H]2CNC[C@@H](C)O2)CCN1. The molecule has 0 aromatic rings. The lowest BCUT2D eigenvalue weighted by atomic mass is 10.2. The fraction of sp³-hybridized carbons (Fsp3) is 1.00. The molecule has 2 aliphatic heterocycles. The molecule has 15 heavy (non-hydrogen) atoms. The lowest BCUT2D eigenvalue weighted by molar-refractivity contribution is -0.0448. The summed E-state index contributed by atoms with van der Waals surface area (Å²) in [7, 11) is 0. The van der Waals surface area contributed by atoms with Crippen molar-refractivity contribution in [2.24, 2.45) is 0 Å². The van der Waals surface area contributed by atoms with Gasteiger partial charge in [-0.05, 0) is 13.8 Å². The normalized spacial score (nSPS) is 39.2. The van der Waals surface area contributed by atoms with Gasteiger partial charge < -0.3 is 15.4 Å². The van der Waals surface area contributed by atoms with Crippen LogP contribution in [0.5, 0.6) is 0 Å². The van der Waals surface area contributed by atoms with Crippen LogP contribution in [0.4, 0.5) is 0 Å². The number of hydrogen-bond donors (Lipinski definition) is 2. The maximum absolute atomic E-state index is 5.90. The van der Waals surface area contributed by atoms with E-state index in [4.69, 9.17) is 4.74 Å². The molecule has 0 bridgehead atoms. The number of morpholine rings is 1. The van der Waals surface area contributed by atoms with Crippen LogP contribution in [-0.4, -0.2) is 62.4 Å². The Morgan fingerprint density at radius 2 is 2.20 bits per heavy atom. The number of piperazine rings is 1. The van der Waals surface area contributed by atoms with Crippen molar-refractivity contribution in [2.45, 2.75) is 32.1 Å². The molecule has 2 rings (SSSR count). The van der Waals surface area contributed by atoms with Gasteiger partial charge in [-0.25, -0.2) is 0 Å². The molecule has 0 unspecified atom stereocenters. The zero-order valence-electron chi connectivity index (χ0n) is 9.83. The van der Waals surface area contributed by atoms with Crippen LogP contribution >= 0.6 is 0 Å². The Balaban J connectivity index is 1.75. The predicted molar refractivity (Wildman–Crippen MR) is 61.1 cm³/mol. The van der Waals surface area contributed by atoms with Crippen LogP contribution in [0, 0.1) is 0 Å². The van der Waals surface area contributed by atoms with E-state index in [1.165, 1.54) is 0 Å². The zero-order valence-corrected chi connectivity index (χ0v) is 9.83. The molecule has 3 atom stereocenters. The first kappa shape index (κ1) is 11.3. The average Bonchev–Trinajstić information content (AvgIpc) is 2.17. The summed E-state index contributed by atoms with van der Waals surface area (Å²) in [6, 6.07) is 0.618. The van der Waals surface area contributed by atoms with E-state index in [0.29, 0.717) is 18.2 Å². The van der Waals surface area contributed by atoms with Crippen molar-refractivity contribution in [3.05, 3.63) is 0 Å². The van der Waals surface area contributed by atoms with Crippen LogP contribution in [-0.2, 0) is 4.74 Å². The monoisotopic (exact) mass is 213 g/mol. The molecule has 0 spiro atoms. The number of hydrogen-bond acceptors (Lipinski definition) is 4. The van der Waals surface area contributed by atoms with Crippen LogP contribution in [0.2, 0.25) is 0 Å². The van der Waals surface area contributed by atoms with Crippen molar-refractivity contribution < 1.29 is 4.74 Å². The molecule has 0 amide bonds. The van der Waals surface area contributed by atoms with Gasteiger partial charge in [0.05, 0.1) is 12.2 Å². The van der Waals surface area contributed by atoms with Gasteiger partial charge in [-0.2, -0.15) is 0 Å². The Morgan fingerprint density at radius 1 is 1.33 bits per heavy atom. The highest BCUT2D eigenvalue weighted by Crippen LogP contribution is 2.07. The minimum absolute atomic E-state index is 0.365. The van der Waals surface area contributed by atoms with Crippen molar-refractivity contribution in [1.82, 2.24) is 15.5 Å². The highest BCUT2D eigenvalue weighted by Gasteiger charge is 2.23. The maximum Gasteiger partial charge on any atom is 0.0830 e. The fourth-order valence-corrected chi connectivity index (χ4v) is 2.45. The smallest absolute Gasteiger partial charge is 0.0830 e. The fourth-order valence-electron chi connectivity index (χ4n) is 2.45. The molecule has 2 heterocycles. The highest BCUT2D eigenvalue weighted by molar-refractivity contribution is 4.80. The van der Waals surface area contributed by atoms with Crippen molar-refractivity contribution in [2.75, 3.05) is 39.3 Å². The van der Waals surface area contributed by atoms with E-state index in [1.807, 2.05) is 0 Å². The van der Waals surface area contributed by atoms with Gasteiger partial charge in [-0.1, -0.05) is 0 Å². The minimum atomic E-state index is 0.365. The molecule has 0 aromatic heterocycles. The first-order valence-electron chi connectivity index (χ1n) is 6.06. The Labute approximate surface area is 92.4 Å². The Bertz CT molecular complexity index is 180. The van der Waals surface area contributed by atoms with E-state index >= 15 is 0 Å². The number of nitrogens with one attached hydrogen (secondary N) is 2. The molecule has 0 radical (unpaired) electrons. The summed E-state index contributed by atoms with van der Waals surface area (Å²) >= 11 is 0. The molecule has 88 valence electrons. The summed E-state index contributed by atoms with van der Waals surface area (Å²) in [4.78, 5) is 2.51. The molecule has 0 saturated carbocycles. The lowest BCUT2D eigenvalue weighted by Gasteiger charge is -2.36.